The molecular formula is C17H16N2O5. The standard InChI is InChI=1S/C17H16N2O5/c1-10-6-12(20)7-15(24-10)16(21)19-8-13(14(9-19)17(22)23)11-2-4-18-5-3-11/h2-7,13-14H,8-9H2,1H3,(H,22,23)/t13-,14+/m1/s1. The van der Waals surface area contributed by atoms with Crippen LogP contribution in [0.3, 0.4) is 0 Å². The molecule has 3 heterocycles. The summed E-state index contributed by atoms with van der Waals surface area (Å²) < 4.78 is 5.32. The maximum Gasteiger partial charge on any atom is 0.308 e. The smallest absolute Gasteiger partial charge is 0.308 e. The molecule has 0 radical (unpaired) electrons. The summed E-state index contributed by atoms with van der Waals surface area (Å²) in [5, 5.41) is 9.48. The number of aliphatic carboxylic acids is 1. The van der Waals surface area contributed by atoms with Crippen molar-refractivity contribution in [1.82, 2.24) is 9.88 Å². The van der Waals surface area contributed by atoms with Gasteiger partial charge in [0.2, 0.25) is 0 Å². The minimum absolute atomic E-state index is 0.0683. The number of hydrogen-bond donors (Lipinski definition) is 1. The van der Waals surface area contributed by atoms with Gasteiger partial charge in [-0.3, -0.25) is 19.4 Å². The molecule has 124 valence electrons. The van der Waals surface area contributed by atoms with E-state index in [1.165, 1.54) is 11.0 Å². The average Bonchev–Trinajstić information content (AvgIpc) is 2.99. The fourth-order valence-corrected chi connectivity index (χ4v) is 3.03. The highest BCUT2D eigenvalue weighted by Gasteiger charge is 2.41. The molecule has 0 aromatic carbocycles. The van der Waals surface area contributed by atoms with Gasteiger partial charge in [0.15, 0.2) is 11.2 Å². The van der Waals surface area contributed by atoms with Crippen LogP contribution in [0, 0.1) is 12.8 Å². The van der Waals surface area contributed by atoms with Crippen LogP contribution in [-0.2, 0) is 4.79 Å². The zero-order valence-electron chi connectivity index (χ0n) is 13.0. The van der Waals surface area contributed by atoms with E-state index >= 15 is 0 Å². The van der Waals surface area contributed by atoms with Gasteiger partial charge in [-0.15, -0.1) is 0 Å². The van der Waals surface area contributed by atoms with Crippen molar-refractivity contribution in [3.8, 4) is 0 Å². The molecule has 1 N–H and O–H groups in total. The molecule has 1 aliphatic heterocycles. The number of aryl methyl sites for hydroxylation is 1. The summed E-state index contributed by atoms with van der Waals surface area (Å²) in [6, 6.07) is 5.92. The highest BCUT2D eigenvalue weighted by molar-refractivity contribution is 5.92. The first-order chi connectivity index (χ1) is 11.5. The van der Waals surface area contributed by atoms with Gasteiger partial charge in [0, 0.05) is 43.5 Å². The topological polar surface area (TPSA) is 101 Å². The van der Waals surface area contributed by atoms with Gasteiger partial charge in [-0.2, -0.15) is 0 Å². The summed E-state index contributed by atoms with van der Waals surface area (Å²) in [6.45, 7) is 1.90. The van der Waals surface area contributed by atoms with Crippen molar-refractivity contribution >= 4 is 11.9 Å². The summed E-state index contributed by atoms with van der Waals surface area (Å²) in [5.74, 6) is -2.21. The lowest BCUT2D eigenvalue weighted by molar-refractivity contribution is -0.141. The van der Waals surface area contributed by atoms with Crippen molar-refractivity contribution in [2.45, 2.75) is 12.8 Å². The quantitative estimate of drug-likeness (QED) is 0.911. The van der Waals surface area contributed by atoms with E-state index in [1.54, 1.807) is 31.5 Å². The average molecular weight is 328 g/mol. The second-order valence-corrected chi connectivity index (χ2v) is 5.81. The number of aromatic nitrogens is 1. The first-order valence-electron chi connectivity index (χ1n) is 7.49. The third kappa shape index (κ3) is 3.05. The molecular weight excluding hydrogens is 312 g/mol. The Morgan fingerprint density at radius 1 is 1.25 bits per heavy atom. The molecule has 1 aliphatic rings. The van der Waals surface area contributed by atoms with Gasteiger partial charge < -0.3 is 14.4 Å². The van der Waals surface area contributed by atoms with Crippen LogP contribution in [0.5, 0.6) is 0 Å². The number of rotatable bonds is 3. The van der Waals surface area contributed by atoms with Gasteiger partial charge in [-0.05, 0) is 24.6 Å². The highest BCUT2D eigenvalue weighted by atomic mass is 16.4. The van der Waals surface area contributed by atoms with E-state index in [0.29, 0.717) is 5.76 Å². The van der Waals surface area contributed by atoms with Crippen molar-refractivity contribution in [2.75, 3.05) is 13.1 Å². The summed E-state index contributed by atoms with van der Waals surface area (Å²) in [4.78, 5) is 41.1. The van der Waals surface area contributed by atoms with Crippen LogP contribution >= 0.6 is 0 Å². The summed E-state index contributed by atoms with van der Waals surface area (Å²) in [7, 11) is 0. The first kappa shape index (κ1) is 15.9. The molecule has 2 atom stereocenters. The number of carbonyl (C=O) groups is 2. The zero-order valence-corrected chi connectivity index (χ0v) is 13.0. The van der Waals surface area contributed by atoms with Crippen LogP contribution in [0.1, 0.15) is 27.8 Å². The molecule has 0 aliphatic carbocycles. The summed E-state index contributed by atoms with van der Waals surface area (Å²) >= 11 is 0. The predicted molar refractivity (Wildman–Crippen MR) is 83.7 cm³/mol. The number of nitrogens with zero attached hydrogens (tertiary/aromatic N) is 2. The number of carboxylic acid groups (broad SMARTS) is 1. The summed E-state index contributed by atoms with van der Waals surface area (Å²) in [5.41, 5.74) is 0.500. The Labute approximate surface area is 137 Å². The third-order valence-corrected chi connectivity index (χ3v) is 4.16. The normalized spacial score (nSPS) is 20.1. The van der Waals surface area contributed by atoms with Crippen molar-refractivity contribution in [3.63, 3.8) is 0 Å². The first-order valence-corrected chi connectivity index (χ1v) is 7.49. The Hall–Kier alpha value is -2.96. The monoisotopic (exact) mass is 328 g/mol. The molecule has 0 spiro atoms. The van der Waals surface area contributed by atoms with Gasteiger partial charge in [-0.25, -0.2) is 0 Å². The number of pyridine rings is 1. The van der Waals surface area contributed by atoms with E-state index in [0.717, 1.165) is 11.6 Å². The number of carbonyl (C=O) groups excluding carboxylic acids is 1. The molecule has 24 heavy (non-hydrogen) atoms. The van der Waals surface area contributed by atoms with Gasteiger partial charge in [0.05, 0.1) is 5.92 Å². The van der Waals surface area contributed by atoms with Crippen molar-refractivity contribution in [3.05, 3.63) is 64.0 Å². The molecule has 7 heteroatoms. The Kier molecular flexibility index (Phi) is 4.16. The van der Waals surface area contributed by atoms with Crippen molar-refractivity contribution < 1.29 is 19.1 Å². The largest absolute Gasteiger partial charge is 0.481 e. The SMILES string of the molecule is Cc1cc(=O)cc(C(=O)N2C[C@H](C(=O)O)[C@@H](c3ccncc3)C2)o1. The maximum atomic E-state index is 12.6. The Morgan fingerprint density at radius 2 is 1.96 bits per heavy atom. The number of carboxylic acids is 1. The van der Waals surface area contributed by atoms with Crippen LogP contribution in [0.4, 0.5) is 0 Å². The molecule has 1 fully saturated rings. The predicted octanol–water partition coefficient (Wildman–Crippen LogP) is 1.28. The molecule has 2 aromatic rings. The molecule has 1 saturated heterocycles. The summed E-state index contributed by atoms with van der Waals surface area (Å²) in [6.07, 6.45) is 3.19. The van der Waals surface area contributed by atoms with Gasteiger partial charge >= 0.3 is 5.97 Å². The van der Waals surface area contributed by atoms with Crippen molar-refractivity contribution in [1.29, 1.82) is 0 Å². The fourth-order valence-electron chi connectivity index (χ4n) is 3.03. The van der Waals surface area contributed by atoms with E-state index in [2.05, 4.69) is 4.98 Å². The molecule has 1 amide bonds. The lowest BCUT2D eigenvalue weighted by Crippen LogP contribution is -2.30. The second kappa shape index (κ2) is 6.27. The Morgan fingerprint density at radius 3 is 2.58 bits per heavy atom. The Bertz CT molecular complexity index is 830. The fraction of sp³-hybridized carbons (Fsp3) is 0.294. The van der Waals surface area contributed by atoms with E-state index < -0.39 is 17.8 Å². The van der Waals surface area contributed by atoms with Gasteiger partial charge in [0.1, 0.15) is 5.76 Å². The zero-order chi connectivity index (χ0) is 17.3. The van der Waals surface area contributed by atoms with E-state index in [-0.39, 0.29) is 30.2 Å². The lowest BCUT2D eigenvalue weighted by Gasteiger charge is -2.15. The minimum Gasteiger partial charge on any atom is -0.481 e. The maximum absolute atomic E-state index is 12.6. The van der Waals surface area contributed by atoms with Crippen LogP contribution in [0.2, 0.25) is 0 Å². The minimum atomic E-state index is -0.960. The van der Waals surface area contributed by atoms with E-state index in [1.807, 2.05) is 0 Å². The third-order valence-electron chi connectivity index (χ3n) is 4.16. The van der Waals surface area contributed by atoms with Crippen LogP contribution < -0.4 is 5.43 Å². The molecule has 7 nitrogen and oxygen atoms in total. The molecule has 2 aromatic heterocycles. The van der Waals surface area contributed by atoms with Crippen LogP contribution in [-0.4, -0.2) is 40.0 Å². The molecule has 3 rings (SSSR count). The van der Waals surface area contributed by atoms with E-state index in [9.17, 15) is 19.5 Å². The van der Waals surface area contributed by atoms with Crippen LogP contribution in [0.25, 0.3) is 0 Å². The Balaban J connectivity index is 1.89. The van der Waals surface area contributed by atoms with Crippen LogP contribution in [0.15, 0.2) is 45.9 Å². The van der Waals surface area contributed by atoms with E-state index in [4.69, 9.17) is 4.42 Å². The molecule has 0 bridgehead atoms. The number of amides is 1. The van der Waals surface area contributed by atoms with Gasteiger partial charge in [-0.1, -0.05) is 0 Å². The molecule has 0 unspecified atom stereocenters. The van der Waals surface area contributed by atoms with Crippen molar-refractivity contribution in [2.24, 2.45) is 5.92 Å². The van der Waals surface area contributed by atoms with Gasteiger partial charge in [0.25, 0.3) is 5.91 Å². The highest BCUT2D eigenvalue weighted by Crippen LogP contribution is 2.33. The second-order valence-electron chi connectivity index (χ2n) is 5.81. The number of hydrogen-bond acceptors (Lipinski definition) is 5. The lowest BCUT2D eigenvalue weighted by atomic mass is 9.90. The number of likely N-dealkylation sites (tertiary alicyclic amines) is 1. The molecule has 0 saturated carbocycles.